The number of methoxy groups -OCH3 is 1. The maximum atomic E-state index is 13.4. The van der Waals surface area contributed by atoms with E-state index in [1.54, 1.807) is 0 Å². The number of halogens is 3. The summed E-state index contributed by atoms with van der Waals surface area (Å²) in [6.07, 6.45) is -5.00. The second-order valence-electron chi connectivity index (χ2n) is 5.85. The third-order valence-electron chi connectivity index (χ3n) is 4.11. The molecule has 1 heterocycles. The number of nitrogens with zero attached hydrogens (tertiary/aromatic N) is 1. The number of carboxylic acid groups (broad SMARTS) is 1. The van der Waals surface area contributed by atoms with Crippen LogP contribution in [0, 0.1) is 0 Å². The molecule has 0 fully saturated rings. The molecular weight excluding hydrogens is 403 g/mol. The van der Waals surface area contributed by atoms with Crippen molar-refractivity contribution in [1.29, 1.82) is 0 Å². The third kappa shape index (κ3) is 3.17. The second-order valence-corrected chi connectivity index (χ2v) is 7.78. The van der Waals surface area contributed by atoms with Crippen molar-refractivity contribution in [2.75, 3.05) is 17.9 Å². The molecule has 1 amide bonds. The Labute approximate surface area is 156 Å². The van der Waals surface area contributed by atoms with Gasteiger partial charge in [0.15, 0.2) is 9.84 Å². The number of hydrogen-bond acceptors (Lipinski definition) is 5. The number of rotatable bonds is 3. The Kier molecular flexibility index (Phi) is 4.58. The zero-order chi connectivity index (χ0) is 20.9. The molecule has 0 aliphatic carbocycles. The van der Waals surface area contributed by atoms with Crippen LogP contribution in [0.25, 0.3) is 0 Å². The van der Waals surface area contributed by atoms with Gasteiger partial charge in [-0.2, -0.15) is 13.2 Å². The monoisotopic (exact) mass is 415 g/mol. The fraction of sp³-hybridized carbons (Fsp3) is 0.176. The molecule has 2 aromatic rings. The van der Waals surface area contributed by atoms with E-state index in [9.17, 15) is 36.3 Å². The fourth-order valence-corrected chi connectivity index (χ4v) is 4.44. The van der Waals surface area contributed by atoms with Crippen LogP contribution in [0.2, 0.25) is 0 Å². The Bertz CT molecular complexity index is 1090. The van der Waals surface area contributed by atoms with E-state index in [0.717, 1.165) is 18.1 Å². The van der Waals surface area contributed by atoms with Crippen molar-refractivity contribution in [2.24, 2.45) is 0 Å². The van der Waals surface area contributed by atoms with Crippen LogP contribution < -0.4 is 9.64 Å². The molecule has 0 saturated carbocycles. The summed E-state index contributed by atoms with van der Waals surface area (Å²) >= 11 is 0. The van der Waals surface area contributed by atoms with E-state index in [4.69, 9.17) is 0 Å². The molecule has 0 spiro atoms. The van der Waals surface area contributed by atoms with Crippen molar-refractivity contribution in [1.82, 2.24) is 0 Å². The van der Waals surface area contributed by atoms with Crippen LogP contribution in [0.5, 0.6) is 5.75 Å². The highest BCUT2D eigenvalue weighted by atomic mass is 32.2. The van der Waals surface area contributed by atoms with E-state index >= 15 is 0 Å². The van der Waals surface area contributed by atoms with Gasteiger partial charge in [-0.1, -0.05) is 12.1 Å². The molecule has 1 N–H and O–H groups in total. The van der Waals surface area contributed by atoms with Crippen molar-refractivity contribution in [3.63, 3.8) is 0 Å². The number of hydrogen-bond donors (Lipinski definition) is 1. The normalized spacial score (nSPS) is 15.2. The molecule has 0 aromatic heterocycles. The zero-order valence-electron chi connectivity index (χ0n) is 14.1. The van der Waals surface area contributed by atoms with Crippen LogP contribution in [-0.2, 0) is 16.0 Å². The number of fused-ring (bicyclic) bond motifs is 1. The first-order valence-corrected chi connectivity index (χ1v) is 9.29. The van der Waals surface area contributed by atoms with Gasteiger partial charge >= 0.3 is 12.1 Å². The number of carbonyl (C=O) groups is 2. The quantitative estimate of drug-likeness (QED) is 0.827. The maximum Gasteiger partial charge on any atom is 0.420 e. The lowest BCUT2D eigenvalue weighted by Crippen LogP contribution is -2.31. The molecule has 3 rings (SSSR count). The Hall–Kier alpha value is -3.08. The number of amides is 1. The summed E-state index contributed by atoms with van der Waals surface area (Å²) in [5, 5.41) is 9.23. The SMILES string of the molecule is COc1c(C(=O)O)cc(C(=O)N2CS(=O)(=O)c3ccccc32)cc1C(F)(F)F. The molecule has 148 valence electrons. The molecule has 0 saturated heterocycles. The maximum absolute atomic E-state index is 13.4. The molecule has 11 heteroatoms. The van der Waals surface area contributed by atoms with Crippen LogP contribution in [-0.4, -0.2) is 38.4 Å². The number of anilines is 1. The molecule has 0 bridgehead atoms. The lowest BCUT2D eigenvalue weighted by molar-refractivity contribution is -0.138. The Morgan fingerprint density at radius 3 is 2.39 bits per heavy atom. The van der Waals surface area contributed by atoms with Gasteiger partial charge < -0.3 is 9.84 Å². The highest BCUT2D eigenvalue weighted by molar-refractivity contribution is 7.92. The van der Waals surface area contributed by atoms with Crippen LogP contribution >= 0.6 is 0 Å². The highest BCUT2D eigenvalue weighted by Gasteiger charge is 2.40. The smallest absolute Gasteiger partial charge is 0.420 e. The summed E-state index contributed by atoms with van der Waals surface area (Å²) in [7, 11) is -2.97. The van der Waals surface area contributed by atoms with Gasteiger partial charge in [-0.15, -0.1) is 0 Å². The number of sulfone groups is 1. The minimum absolute atomic E-state index is 0.00810. The molecule has 0 unspecified atom stereocenters. The first kappa shape index (κ1) is 19.7. The lowest BCUT2D eigenvalue weighted by atomic mass is 10.0. The number of ether oxygens (including phenoxy) is 1. The van der Waals surface area contributed by atoms with Gasteiger partial charge in [0.25, 0.3) is 5.91 Å². The number of carbonyl (C=O) groups excluding carboxylic acids is 1. The minimum Gasteiger partial charge on any atom is -0.495 e. The van der Waals surface area contributed by atoms with E-state index in [0.29, 0.717) is 6.07 Å². The predicted molar refractivity (Wildman–Crippen MR) is 90.3 cm³/mol. The van der Waals surface area contributed by atoms with Gasteiger partial charge in [0.05, 0.1) is 23.3 Å². The van der Waals surface area contributed by atoms with Crippen LogP contribution in [0.3, 0.4) is 0 Å². The average Bonchev–Trinajstić information content (AvgIpc) is 2.90. The fourth-order valence-electron chi connectivity index (χ4n) is 2.92. The summed E-state index contributed by atoms with van der Waals surface area (Å²) < 4.78 is 69.1. The Morgan fingerprint density at radius 2 is 1.82 bits per heavy atom. The minimum atomic E-state index is -5.00. The number of carboxylic acids is 1. The zero-order valence-corrected chi connectivity index (χ0v) is 15.0. The van der Waals surface area contributed by atoms with E-state index in [1.807, 2.05) is 0 Å². The summed E-state index contributed by atoms with van der Waals surface area (Å²) in [6.45, 7) is 0. The molecule has 7 nitrogen and oxygen atoms in total. The summed E-state index contributed by atoms with van der Waals surface area (Å²) in [6, 6.07) is 6.70. The molecule has 0 radical (unpaired) electrons. The van der Waals surface area contributed by atoms with Crippen molar-refractivity contribution < 1.29 is 41.0 Å². The van der Waals surface area contributed by atoms with Gasteiger partial charge in [0.1, 0.15) is 17.2 Å². The van der Waals surface area contributed by atoms with E-state index in [2.05, 4.69) is 4.74 Å². The van der Waals surface area contributed by atoms with Gasteiger partial charge in [0.2, 0.25) is 0 Å². The first-order chi connectivity index (χ1) is 13.0. The summed E-state index contributed by atoms with van der Waals surface area (Å²) in [5.41, 5.74) is -2.93. The van der Waals surface area contributed by atoms with E-state index in [1.165, 1.54) is 24.3 Å². The highest BCUT2D eigenvalue weighted by Crippen LogP contribution is 2.40. The predicted octanol–water partition coefficient (Wildman–Crippen LogP) is 2.80. The van der Waals surface area contributed by atoms with E-state index < -0.39 is 56.2 Å². The molecule has 1 aliphatic rings. The van der Waals surface area contributed by atoms with Gasteiger partial charge in [0, 0.05) is 5.56 Å². The molecular formula is C17H12F3NO6S. The van der Waals surface area contributed by atoms with Gasteiger partial charge in [-0.25, -0.2) is 13.2 Å². The first-order valence-electron chi connectivity index (χ1n) is 7.63. The van der Waals surface area contributed by atoms with Gasteiger partial charge in [-0.3, -0.25) is 9.69 Å². The Balaban J connectivity index is 2.18. The molecule has 0 atom stereocenters. The third-order valence-corrected chi connectivity index (χ3v) is 5.72. The van der Waals surface area contributed by atoms with Crippen molar-refractivity contribution in [3.8, 4) is 5.75 Å². The molecule has 28 heavy (non-hydrogen) atoms. The van der Waals surface area contributed by atoms with Crippen LogP contribution in [0.15, 0.2) is 41.3 Å². The molecule has 1 aliphatic heterocycles. The largest absolute Gasteiger partial charge is 0.495 e. The average molecular weight is 415 g/mol. The number of aromatic carboxylic acids is 1. The topological polar surface area (TPSA) is 101 Å². The number of para-hydroxylation sites is 1. The Morgan fingerprint density at radius 1 is 1.18 bits per heavy atom. The standard InChI is InChI=1S/C17H12F3NO6S/c1-27-14-10(16(23)24)6-9(7-11(14)17(18,19)20)15(22)21-8-28(25,26)13-5-3-2-4-12(13)21/h2-7H,8H2,1H3,(H,23,24). The summed E-state index contributed by atoms with van der Waals surface area (Å²) in [4.78, 5) is 24.9. The lowest BCUT2D eigenvalue weighted by Gasteiger charge is -2.19. The van der Waals surface area contributed by atoms with Crippen LogP contribution in [0.4, 0.5) is 18.9 Å². The number of benzene rings is 2. The van der Waals surface area contributed by atoms with Crippen molar-refractivity contribution in [3.05, 3.63) is 53.1 Å². The van der Waals surface area contributed by atoms with Crippen LogP contribution in [0.1, 0.15) is 26.3 Å². The second kappa shape index (κ2) is 6.51. The summed E-state index contributed by atoms with van der Waals surface area (Å²) in [5.74, 6) is -4.51. The van der Waals surface area contributed by atoms with Crippen molar-refractivity contribution >= 4 is 27.4 Å². The number of alkyl halides is 3. The molecule has 2 aromatic carbocycles. The van der Waals surface area contributed by atoms with Crippen molar-refractivity contribution in [2.45, 2.75) is 11.1 Å². The van der Waals surface area contributed by atoms with Gasteiger partial charge in [-0.05, 0) is 24.3 Å². The van der Waals surface area contributed by atoms with E-state index in [-0.39, 0.29) is 10.6 Å².